The lowest BCUT2D eigenvalue weighted by atomic mass is 9.73. The summed E-state index contributed by atoms with van der Waals surface area (Å²) in [6.07, 6.45) is 1.26. The summed E-state index contributed by atoms with van der Waals surface area (Å²) in [5.74, 6) is 0. The Bertz CT molecular complexity index is 658. The number of nitriles is 1. The minimum absolute atomic E-state index is 0.244. The van der Waals surface area contributed by atoms with Gasteiger partial charge in [-0.25, -0.2) is 0 Å². The highest BCUT2D eigenvalue weighted by Gasteiger charge is 2.35. The monoisotopic (exact) mass is 334 g/mol. The lowest BCUT2D eigenvalue weighted by Crippen LogP contribution is -2.47. The van der Waals surface area contributed by atoms with Crippen molar-refractivity contribution in [3.05, 3.63) is 71.8 Å². The van der Waals surface area contributed by atoms with Crippen LogP contribution in [0.2, 0.25) is 0 Å². The highest BCUT2D eigenvalue weighted by molar-refractivity contribution is 5.45. The summed E-state index contributed by atoms with van der Waals surface area (Å²) in [6, 6.07) is 23.0. The molecule has 0 amide bonds. The molecule has 3 rings (SSSR count). The van der Waals surface area contributed by atoms with Crippen LogP contribution < -0.4 is 0 Å². The molecule has 0 radical (unpaired) electrons. The second-order valence-electron chi connectivity index (χ2n) is 7.02. The number of benzene rings is 2. The number of rotatable bonds is 5. The van der Waals surface area contributed by atoms with E-state index in [1.165, 1.54) is 0 Å². The van der Waals surface area contributed by atoms with Gasteiger partial charge in [0.2, 0.25) is 0 Å². The summed E-state index contributed by atoms with van der Waals surface area (Å²) in [4.78, 5) is 2.43. The molecule has 1 saturated heterocycles. The molecule has 25 heavy (non-hydrogen) atoms. The lowest BCUT2D eigenvalue weighted by Gasteiger charge is -2.37. The lowest BCUT2D eigenvalue weighted by molar-refractivity contribution is -0.0686. The van der Waals surface area contributed by atoms with Gasteiger partial charge in [0, 0.05) is 19.6 Å². The Morgan fingerprint density at radius 2 is 1.44 bits per heavy atom. The van der Waals surface area contributed by atoms with Crippen molar-refractivity contribution in [2.45, 2.75) is 37.9 Å². The molecule has 0 aliphatic carbocycles. The molecule has 0 N–H and O–H groups in total. The maximum atomic E-state index is 10.2. The Kier molecular flexibility index (Phi) is 5.53. The van der Waals surface area contributed by atoms with Gasteiger partial charge < -0.3 is 4.74 Å². The third kappa shape index (κ3) is 3.92. The highest BCUT2D eigenvalue weighted by Crippen LogP contribution is 2.35. The number of nitrogens with zero attached hydrogens (tertiary/aromatic N) is 2. The zero-order valence-electron chi connectivity index (χ0n) is 15.1. The summed E-state index contributed by atoms with van der Waals surface area (Å²) in [5.41, 5.74) is 1.52. The van der Waals surface area contributed by atoms with Crippen LogP contribution in [0.25, 0.3) is 0 Å². The normalized spacial score (nSPS) is 21.6. The van der Waals surface area contributed by atoms with Crippen molar-refractivity contribution in [3.63, 3.8) is 0 Å². The molecule has 2 aromatic rings. The average Bonchev–Trinajstić information content (AvgIpc) is 2.64. The Balaban J connectivity index is 1.88. The molecule has 0 saturated carbocycles. The number of ether oxygens (including phenoxy) is 1. The van der Waals surface area contributed by atoms with Crippen molar-refractivity contribution >= 4 is 0 Å². The first kappa shape index (κ1) is 17.7. The third-order valence-electron chi connectivity index (χ3n) is 5.02. The van der Waals surface area contributed by atoms with Crippen LogP contribution in [0.1, 0.15) is 31.4 Å². The summed E-state index contributed by atoms with van der Waals surface area (Å²) in [6.45, 7) is 6.98. The zero-order chi connectivity index (χ0) is 17.7. The molecule has 1 aliphatic rings. The van der Waals surface area contributed by atoms with Gasteiger partial charge in [0.15, 0.2) is 0 Å². The molecule has 0 bridgehead atoms. The predicted molar refractivity (Wildman–Crippen MR) is 100 cm³/mol. The smallest absolute Gasteiger partial charge is 0.108 e. The van der Waals surface area contributed by atoms with Crippen molar-refractivity contribution in [1.82, 2.24) is 4.90 Å². The summed E-state index contributed by atoms with van der Waals surface area (Å²) < 4.78 is 5.84. The first-order valence-corrected chi connectivity index (χ1v) is 9.04. The maximum absolute atomic E-state index is 10.2. The van der Waals surface area contributed by atoms with Crippen molar-refractivity contribution in [2.75, 3.05) is 19.6 Å². The van der Waals surface area contributed by atoms with Gasteiger partial charge in [-0.3, -0.25) is 4.90 Å². The second kappa shape index (κ2) is 7.82. The fraction of sp³-hybridized carbons (Fsp3) is 0.409. The predicted octanol–water partition coefficient (Wildman–Crippen LogP) is 4.00. The Hall–Kier alpha value is -2.15. The van der Waals surface area contributed by atoms with E-state index in [0.29, 0.717) is 0 Å². The Labute approximate surface area is 150 Å². The largest absolute Gasteiger partial charge is 0.373 e. The van der Waals surface area contributed by atoms with Crippen LogP contribution in [0.4, 0.5) is 0 Å². The molecule has 1 aliphatic heterocycles. The van der Waals surface area contributed by atoms with Gasteiger partial charge in [-0.2, -0.15) is 5.26 Å². The van der Waals surface area contributed by atoms with Crippen LogP contribution in [0.5, 0.6) is 0 Å². The van der Waals surface area contributed by atoms with Crippen LogP contribution in [-0.4, -0.2) is 36.7 Å². The fourth-order valence-corrected chi connectivity index (χ4v) is 3.88. The number of hydrogen-bond donors (Lipinski definition) is 0. The van der Waals surface area contributed by atoms with Gasteiger partial charge in [0.05, 0.1) is 18.3 Å². The standard InChI is InChI=1S/C22H26N2O/c1-18-15-24(16-19(2)25-18)14-13-22(17-23,20-9-5-3-6-10-20)21-11-7-4-8-12-21/h3-12,18-19H,13-16H2,1-2H3. The Morgan fingerprint density at radius 1 is 0.960 bits per heavy atom. The molecular formula is C22H26N2O. The minimum Gasteiger partial charge on any atom is -0.373 e. The van der Waals surface area contributed by atoms with Gasteiger partial charge in [-0.15, -0.1) is 0 Å². The van der Waals surface area contributed by atoms with Crippen LogP contribution in [0.15, 0.2) is 60.7 Å². The van der Waals surface area contributed by atoms with Crippen LogP contribution in [0.3, 0.4) is 0 Å². The van der Waals surface area contributed by atoms with Crippen LogP contribution >= 0.6 is 0 Å². The first-order valence-electron chi connectivity index (χ1n) is 9.04. The highest BCUT2D eigenvalue weighted by atomic mass is 16.5. The zero-order valence-corrected chi connectivity index (χ0v) is 15.1. The van der Waals surface area contributed by atoms with E-state index in [4.69, 9.17) is 4.74 Å². The summed E-state index contributed by atoms with van der Waals surface area (Å²) in [5, 5.41) is 10.2. The van der Waals surface area contributed by atoms with Gasteiger partial charge in [0.1, 0.15) is 5.41 Å². The molecule has 130 valence electrons. The molecule has 2 aromatic carbocycles. The molecule has 1 fully saturated rings. The summed E-state index contributed by atoms with van der Waals surface area (Å²) >= 11 is 0. The molecule has 1 heterocycles. The molecule has 0 aromatic heterocycles. The SMILES string of the molecule is CC1CN(CCC(C#N)(c2ccccc2)c2ccccc2)CC(C)O1. The molecule has 2 atom stereocenters. The van der Waals surface area contributed by atoms with E-state index in [-0.39, 0.29) is 12.2 Å². The quantitative estimate of drug-likeness (QED) is 0.829. The first-order chi connectivity index (χ1) is 12.1. The maximum Gasteiger partial charge on any atom is 0.108 e. The number of hydrogen-bond acceptors (Lipinski definition) is 3. The van der Waals surface area contributed by atoms with E-state index >= 15 is 0 Å². The third-order valence-corrected chi connectivity index (χ3v) is 5.02. The Morgan fingerprint density at radius 3 is 1.88 bits per heavy atom. The van der Waals surface area contributed by atoms with Crippen molar-refractivity contribution in [3.8, 4) is 6.07 Å². The average molecular weight is 334 g/mol. The molecule has 3 nitrogen and oxygen atoms in total. The topological polar surface area (TPSA) is 36.3 Å². The van der Waals surface area contributed by atoms with E-state index in [2.05, 4.69) is 49.1 Å². The van der Waals surface area contributed by atoms with E-state index in [1.807, 2.05) is 36.4 Å². The van der Waals surface area contributed by atoms with E-state index in [0.717, 1.165) is 37.2 Å². The van der Waals surface area contributed by atoms with E-state index < -0.39 is 5.41 Å². The van der Waals surface area contributed by atoms with E-state index in [9.17, 15) is 5.26 Å². The van der Waals surface area contributed by atoms with Crippen LogP contribution in [-0.2, 0) is 10.2 Å². The molecule has 0 spiro atoms. The van der Waals surface area contributed by atoms with Crippen LogP contribution in [0, 0.1) is 11.3 Å². The van der Waals surface area contributed by atoms with Gasteiger partial charge in [-0.05, 0) is 31.4 Å². The van der Waals surface area contributed by atoms with Crippen molar-refractivity contribution in [1.29, 1.82) is 5.26 Å². The van der Waals surface area contributed by atoms with Gasteiger partial charge in [-0.1, -0.05) is 60.7 Å². The number of morpholine rings is 1. The van der Waals surface area contributed by atoms with Crippen molar-refractivity contribution in [2.24, 2.45) is 0 Å². The fourth-order valence-electron chi connectivity index (χ4n) is 3.88. The minimum atomic E-state index is -0.618. The summed E-state index contributed by atoms with van der Waals surface area (Å²) in [7, 11) is 0. The van der Waals surface area contributed by atoms with Crippen molar-refractivity contribution < 1.29 is 4.74 Å². The molecular weight excluding hydrogens is 308 g/mol. The molecule has 2 unspecified atom stereocenters. The van der Waals surface area contributed by atoms with E-state index in [1.54, 1.807) is 0 Å². The second-order valence-corrected chi connectivity index (χ2v) is 7.02. The van der Waals surface area contributed by atoms with Gasteiger partial charge in [0.25, 0.3) is 0 Å². The van der Waals surface area contributed by atoms with Gasteiger partial charge >= 0.3 is 0 Å². The molecule has 3 heteroatoms.